The molecule has 0 spiro atoms. The van der Waals surface area contributed by atoms with E-state index in [1.165, 1.54) is 17.7 Å². The van der Waals surface area contributed by atoms with Crippen LogP contribution < -0.4 is 9.47 Å². The quantitative estimate of drug-likeness (QED) is 0.346. The molecule has 1 aliphatic heterocycles. The summed E-state index contributed by atoms with van der Waals surface area (Å²) in [6, 6.07) is 19.1. The van der Waals surface area contributed by atoms with Crippen LogP contribution in [0.4, 0.5) is 5.69 Å². The topological polar surface area (TPSA) is 78.7 Å². The predicted octanol–water partition coefficient (Wildman–Crippen LogP) is 5.10. The molecule has 0 aromatic heterocycles. The van der Waals surface area contributed by atoms with Crippen molar-refractivity contribution in [2.45, 2.75) is 13.5 Å². The van der Waals surface area contributed by atoms with Crippen LogP contribution in [0.3, 0.4) is 0 Å². The lowest BCUT2D eigenvalue weighted by molar-refractivity contribution is -0.384. The number of hydrogen-bond acceptors (Lipinski definition) is 5. The summed E-state index contributed by atoms with van der Waals surface area (Å²) in [6.07, 6.45) is 1.57. The number of allylic oxidation sites excluding steroid dienone is 1. The lowest BCUT2D eigenvalue weighted by Crippen LogP contribution is -1.98. The van der Waals surface area contributed by atoms with Gasteiger partial charge in [-0.2, -0.15) is 0 Å². The molecule has 0 fully saturated rings. The molecule has 0 N–H and O–H groups in total. The first-order chi connectivity index (χ1) is 14.0. The Balaban J connectivity index is 1.49. The minimum absolute atomic E-state index is 0.00975. The highest BCUT2D eigenvalue weighted by molar-refractivity contribution is 6.14. The van der Waals surface area contributed by atoms with Crippen molar-refractivity contribution in [3.63, 3.8) is 0 Å². The predicted molar refractivity (Wildman–Crippen MR) is 108 cm³/mol. The molecule has 1 heterocycles. The molecule has 0 bridgehead atoms. The van der Waals surface area contributed by atoms with Crippen molar-refractivity contribution in [1.82, 2.24) is 0 Å². The molecule has 0 amide bonds. The highest BCUT2D eigenvalue weighted by atomic mass is 16.6. The minimum atomic E-state index is -0.470. The van der Waals surface area contributed by atoms with E-state index in [1.54, 1.807) is 36.4 Å². The number of benzene rings is 3. The maximum absolute atomic E-state index is 12.6. The van der Waals surface area contributed by atoms with E-state index in [1.807, 2.05) is 31.2 Å². The Bertz CT molecular complexity index is 1120. The first-order valence-electron chi connectivity index (χ1n) is 9.01. The van der Waals surface area contributed by atoms with Gasteiger partial charge in [-0.15, -0.1) is 0 Å². The van der Waals surface area contributed by atoms with Crippen LogP contribution in [0.15, 0.2) is 72.5 Å². The Morgan fingerprint density at radius 2 is 1.76 bits per heavy atom. The molecule has 1 aliphatic rings. The third-order valence-electron chi connectivity index (χ3n) is 4.57. The molecule has 0 radical (unpaired) electrons. The molecular formula is C23H17NO5. The van der Waals surface area contributed by atoms with Crippen LogP contribution >= 0.6 is 0 Å². The molecule has 6 nitrogen and oxygen atoms in total. The molecule has 4 rings (SSSR count). The molecule has 0 saturated heterocycles. The molecule has 144 valence electrons. The number of hydrogen-bond donors (Lipinski definition) is 0. The van der Waals surface area contributed by atoms with Crippen LogP contribution in [-0.4, -0.2) is 10.7 Å². The van der Waals surface area contributed by atoms with E-state index in [0.717, 1.165) is 5.56 Å². The number of aryl methyl sites for hydroxylation is 1. The molecule has 6 heteroatoms. The second kappa shape index (κ2) is 7.59. The van der Waals surface area contributed by atoms with Crippen molar-refractivity contribution in [1.29, 1.82) is 0 Å². The molecule has 0 unspecified atom stereocenters. The van der Waals surface area contributed by atoms with Crippen molar-refractivity contribution in [3.05, 3.63) is 105 Å². The van der Waals surface area contributed by atoms with E-state index in [-0.39, 0.29) is 17.2 Å². The van der Waals surface area contributed by atoms with Crippen LogP contribution in [0.2, 0.25) is 0 Å². The SMILES string of the molecule is Cc1ccc(COc2ccc3c(c2)OC(=Cc2ccc([N+](=O)[O-])cc2)C3=O)cc1. The van der Waals surface area contributed by atoms with E-state index in [9.17, 15) is 14.9 Å². The van der Waals surface area contributed by atoms with Gasteiger partial charge >= 0.3 is 0 Å². The number of non-ortho nitro benzene ring substituents is 1. The zero-order valence-corrected chi connectivity index (χ0v) is 15.6. The van der Waals surface area contributed by atoms with Gasteiger partial charge in [0, 0.05) is 18.2 Å². The van der Waals surface area contributed by atoms with Crippen molar-refractivity contribution in [3.8, 4) is 11.5 Å². The standard InChI is InChI=1S/C23H17NO5/c1-15-2-4-17(5-3-15)14-28-19-10-11-20-21(13-19)29-22(23(20)25)12-16-6-8-18(9-7-16)24(26)27/h2-13H,14H2,1H3. The van der Waals surface area contributed by atoms with Gasteiger partial charge < -0.3 is 9.47 Å². The Morgan fingerprint density at radius 3 is 2.45 bits per heavy atom. The number of Topliss-reactive ketones (excluding diaryl/α,β-unsaturated/α-hetero) is 1. The van der Waals surface area contributed by atoms with E-state index in [4.69, 9.17) is 9.47 Å². The summed E-state index contributed by atoms with van der Waals surface area (Å²) in [4.78, 5) is 22.8. The van der Waals surface area contributed by atoms with E-state index < -0.39 is 4.92 Å². The first kappa shape index (κ1) is 18.4. The molecule has 3 aromatic carbocycles. The van der Waals surface area contributed by atoms with Crippen molar-refractivity contribution < 1.29 is 19.2 Å². The summed E-state index contributed by atoms with van der Waals surface area (Å²) in [7, 11) is 0. The number of ketones is 1. The summed E-state index contributed by atoms with van der Waals surface area (Å²) in [5, 5.41) is 10.7. The Labute approximate surface area is 167 Å². The van der Waals surface area contributed by atoms with Gasteiger partial charge in [0.2, 0.25) is 5.78 Å². The van der Waals surface area contributed by atoms with E-state index >= 15 is 0 Å². The van der Waals surface area contributed by atoms with Crippen LogP contribution in [-0.2, 0) is 6.61 Å². The van der Waals surface area contributed by atoms with Crippen molar-refractivity contribution in [2.24, 2.45) is 0 Å². The molecular weight excluding hydrogens is 370 g/mol. The zero-order valence-electron chi connectivity index (χ0n) is 15.6. The van der Waals surface area contributed by atoms with Gasteiger partial charge in [0.25, 0.3) is 5.69 Å². The van der Waals surface area contributed by atoms with Gasteiger partial charge in [-0.25, -0.2) is 0 Å². The first-order valence-corrected chi connectivity index (χ1v) is 9.01. The van der Waals surface area contributed by atoms with Crippen LogP contribution in [0.1, 0.15) is 27.0 Å². The highest BCUT2D eigenvalue weighted by Crippen LogP contribution is 2.35. The smallest absolute Gasteiger partial charge is 0.269 e. The number of rotatable bonds is 5. The van der Waals surface area contributed by atoms with Gasteiger partial charge in [-0.05, 0) is 48.4 Å². The van der Waals surface area contributed by atoms with Crippen LogP contribution in [0.25, 0.3) is 6.08 Å². The number of fused-ring (bicyclic) bond motifs is 1. The number of nitrogens with zero attached hydrogens (tertiary/aromatic N) is 1. The normalized spacial score (nSPS) is 13.8. The number of nitro benzene ring substituents is 1. The van der Waals surface area contributed by atoms with Crippen molar-refractivity contribution >= 4 is 17.5 Å². The van der Waals surface area contributed by atoms with Gasteiger partial charge in [0.15, 0.2) is 5.76 Å². The van der Waals surface area contributed by atoms with Gasteiger partial charge in [0.1, 0.15) is 18.1 Å². The lowest BCUT2D eigenvalue weighted by atomic mass is 10.1. The molecule has 0 saturated carbocycles. The fourth-order valence-electron chi connectivity index (χ4n) is 2.95. The average molecular weight is 387 g/mol. The Morgan fingerprint density at radius 1 is 1.03 bits per heavy atom. The number of carbonyl (C=O) groups excluding carboxylic acids is 1. The summed E-state index contributed by atoms with van der Waals surface area (Å²) >= 11 is 0. The Kier molecular flexibility index (Phi) is 4.83. The molecule has 3 aromatic rings. The van der Waals surface area contributed by atoms with Crippen molar-refractivity contribution in [2.75, 3.05) is 0 Å². The highest BCUT2D eigenvalue weighted by Gasteiger charge is 2.27. The number of ether oxygens (including phenoxy) is 2. The number of carbonyl (C=O) groups is 1. The monoisotopic (exact) mass is 387 g/mol. The number of nitro groups is 1. The van der Waals surface area contributed by atoms with E-state index in [0.29, 0.717) is 29.2 Å². The zero-order chi connectivity index (χ0) is 20.4. The summed E-state index contributed by atoms with van der Waals surface area (Å²) in [5.41, 5.74) is 3.32. The van der Waals surface area contributed by atoms with Gasteiger partial charge in [0.05, 0.1) is 10.5 Å². The Hall–Kier alpha value is -3.93. The summed E-state index contributed by atoms with van der Waals surface area (Å²) < 4.78 is 11.5. The molecule has 0 atom stereocenters. The average Bonchev–Trinajstić information content (AvgIpc) is 3.03. The fraction of sp³-hybridized carbons (Fsp3) is 0.0870. The maximum Gasteiger partial charge on any atom is 0.269 e. The minimum Gasteiger partial charge on any atom is -0.489 e. The van der Waals surface area contributed by atoms with Gasteiger partial charge in [-0.3, -0.25) is 14.9 Å². The maximum atomic E-state index is 12.6. The van der Waals surface area contributed by atoms with E-state index in [2.05, 4.69) is 0 Å². The molecule has 29 heavy (non-hydrogen) atoms. The second-order valence-electron chi connectivity index (χ2n) is 6.72. The summed E-state index contributed by atoms with van der Waals surface area (Å²) in [5.74, 6) is 0.978. The van der Waals surface area contributed by atoms with Gasteiger partial charge in [-0.1, -0.05) is 29.8 Å². The molecule has 0 aliphatic carbocycles. The lowest BCUT2D eigenvalue weighted by Gasteiger charge is -2.07. The largest absolute Gasteiger partial charge is 0.489 e. The van der Waals surface area contributed by atoms with Crippen LogP contribution in [0.5, 0.6) is 11.5 Å². The third-order valence-corrected chi connectivity index (χ3v) is 4.57. The fourth-order valence-corrected chi connectivity index (χ4v) is 2.95. The third kappa shape index (κ3) is 4.01. The second-order valence-corrected chi connectivity index (χ2v) is 6.72. The van der Waals surface area contributed by atoms with Crippen LogP contribution in [0, 0.1) is 17.0 Å². The summed E-state index contributed by atoms with van der Waals surface area (Å²) in [6.45, 7) is 2.44.